The van der Waals surface area contributed by atoms with Crippen LogP contribution in [-0.2, 0) is 11.8 Å². The lowest BCUT2D eigenvalue weighted by Crippen LogP contribution is -2.19. The molecule has 0 unspecified atom stereocenters. The Morgan fingerprint density at radius 3 is 2.29 bits per heavy atom. The topological polar surface area (TPSA) is 90.3 Å². The molecule has 0 aliphatic heterocycles. The Bertz CT molecular complexity index is 1050. The lowest BCUT2D eigenvalue weighted by molar-refractivity contribution is 0.0589. The first-order valence-corrected chi connectivity index (χ1v) is 8.54. The summed E-state index contributed by atoms with van der Waals surface area (Å²) in [6.45, 7) is 1.93. The van der Waals surface area contributed by atoms with Crippen molar-refractivity contribution in [3.8, 4) is 0 Å². The largest absolute Gasteiger partial charge is 0.464 e. The Labute approximate surface area is 161 Å². The third-order valence-corrected chi connectivity index (χ3v) is 4.30. The smallest absolute Gasteiger partial charge is 0.358 e. The fraction of sp³-hybridized carbons (Fsp3) is 0.143. The van der Waals surface area contributed by atoms with Gasteiger partial charge in [0.25, 0.3) is 5.91 Å². The standard InChI is InChI=1S/C21H19N3O4/c1-13-8-10-14(11-9-13)19(25)15-6-4-5-7-16(15)20(26)23-17-12-22-24(2)18(17)21(27)28-3/h4-12H,1-3H3,(H,23,26). The molecular formula is C21H19N3O4. The molecule has 0 aliphatic rings. The van der Waals surface area contributed by atoms with E-state index in [0.29, 0.717) is 5.56 Å². The Morgan fingerprint density at radius 2 is 1.64 bits per heavy atom. The van der Waals surface area contributed by atoms with Crippen LogP contribution < -0.4 is 5.32 Å². The van der Waals surface area contributed by atoms with Gasteiger partial charge in [-0.3, -0.25) is 14.3 Å². The number of hydrogen-bond acceptors (Lipinski definition) is 5. The predicted molar refractivity (Wildman–Crippen MR) is 104 cm³/mol. The van der Waals surface area contributed by atoms with Crippen LogP contribution in [0.15, 0.2) is 54.7 Å². The van der Waals surface area contributed by atoms with Crippen LogP contribution in [0.2, 0.25) is 0 Å². The van der Waals surface area contributed by atoms with Crippen LogP contribution in [0.4, 0.5) is 5.69 Å². The van der Waals surface area contributed by atoms with Gasteiger partial charge in [0.1, 0.15) is 0 Å². The zero-order valence-corrected chi connectivity index (χ0v) is 15.7. The highest BCUT2D eigenvalue weighted by Gasteiger charge is 2.22. The van der Waals surface area contributed by atoms with Crippen molar-refractivity contribution < 1.29 is 19.1 Å². The molecule has 142 valence electrons. The predicted octanol–water partition coefficient (Wildman–Crippen LogP) is 3.00. The molecule has 0 atom stereocenters. The van der Waals surface area contributed by atoms with Gasteiger partial charge >= 0.3 is 5.97 Å². The van der Waals surface area contributed by atoms with Crippen LogP contribution in [0.1, 0.15) is 42.3 Å². The molecular weight excluding hydrogens is 358 g/mol. The SMILES string of the molecule is COC(=O)c1c(NC(=O)c2ccccc2C(=O)c2ccc(C)cc2)cnn1C. The van der Waals surface area contributed by atoms with Crippen LogP contribution in [0, 0.1) is 6.92 Å². The van der Waals surface area contributed by atoms with Gasteiger partial charge in [0.15, 0.2) is 11.5 Å². The van der Waals surface area contributed by atoms with Gasteiger partial charge in [-0.2, -0.15) is 5.10 Å². The van der Waals surface area contributed by atoms with E-state index in [0.717, 1.165) is 5.56 Å². The number of anilines is 1. The van der Waals surface area contributed by atoms with E-state index < -0.39 is 11.9 Å². The van der Waals surface area contributed by atoms with Gasteiger partial charge in [0, 0.05) is 18.2 Å². The maximum Gasteiger partial charge on any atom is 0.358 e. The quantitative estimate of drug-likeness (QED) is 0.545. The summed E-state index contributed by atoms with van der Waals surface area (Å²) < 4.78 is 6.04. The Kier molecular flexibility index (Phi) is 5.35. The molecule has 1 heterocycles. The first kappa shape index (κ1) is 19.0. The molecule has 1 N–H and O–H groups in total. The van der Waals surface area contributed by atoms with Crippen molar-refractivity contribution in [2.24, 2.45) is 7.05 Å². The molecule has 0 saturated heterocycles. The van der Waals surface area contributed by atoms with Crippen LogP contribution in [0.5, 0.6) is 0 Å². The monoisotopic (exact) mass is 377 g/mol. The Balaban J connectivity index is 1.93. The average molecular weight is 377 g/mol. The van der Waals surface area contributed by atoms with Crippen molar-refractivity contribution in [3.63, 3.8) is 0 Å². The summed E-state index contributed by atoms with van der Waals surface area (Å²) in [5, 5.41) is 6.62. The van der Waals surface area contributed by atoms with Gasteiger partial charge in [-0.15, -0.1) is 0 Å². The lowest BCUT2D eigenvalue weighted by atomic mass is 9.97. The summed E-state index contributed by atoms with van der Waals surface area (Å²) in [6.07, 6.45) is 1.36. The molecule has 3 aromatic rings. The number of methoxy groups -OCH3 is 1. The van der Waals surface area contributed by atoms with Gasteiger partial charge < -0.3 is 10.1 Å². The van der Waals surface area contributed by atoms with Crippen LogP contribution >= 0.6 is 0 Å². The number of nitrogens with zero attached hydrogens (tertiary/aromatic N) is 2. The molecule has 0 radical (unpaired) electrons. The third-order valence-electron chi connectivity index (χ3n) is 4.30. The molecule has 0 saturated carbocycles. The van der Waals surface area contributed by atoms with Gasteiger partial charge in [-0.05, 0) is 13.0 Å². The average Bonchev–Trinajstić information content (AvgIpc) is 3.07. The van der Waals surface area contributed by atoms with Crippen LogP contribution in [0.3, 0.4) is 0 Å². The maximum atomic E-state index is 12.9. The molecule has 3 rings (SSSR count). The fourth-order valence-corrected chi connectivity index (χ4v) is 2.80. The van der Waals surface area contributed by atoms with Crippen molar-refractivity contribution in [2.45, 2.75) is 6.92 Å². The summed E-state index contributed by atoms with van der Waals surface area (Å²) in [7, 11) is 2.81. The normalized spacial score (nSPS) is 10.4. The maximum absolute atomic E-state index is 12.9. The van der Waals surface area contributed by atoms with Gasteiger partial charge in [0.05, 0.1) is 24.6 Å². The molecule has 2 aromatic carbocycles. The van der Waals surface area contributed by atoms with Crippen molar-refractivity contribution in [1.82, 2.24) is 9.78 Å². The number of benzene rings is 2. The number of esters is 1. The Morgan fingerprint density at radius 1 is 1.00 bits per heavy atom. The van der Waals surface area contributed by atoms with E-state index in [9.17, 15) is 14.4 Å². The minimum atomic E-state index is -0.626. The second-order valence-electron chi connectivity index (χ2n) is 6.22. The van der Waals surface area contributed by atoms with Crippen molar-refractivity contribution in [3.05, 3.63) is 82.7 Å². The third kappa shape index (κ3) is 3.68. The molecule has 0 bridgehead atoms. The summed E-state index contributed by atoms with van der Waals surface area (Å²) in [5.41, 5.74) is 2.31. The number of aryl methyl sites for hydroxylation is 2. The van der Waals surface area contributed by atoms with Gasteiger partial charge in [-0.1, -0.05) is 48.0 Å². The van der Waals surface area contributed by atoms with E-state index in [1.807, 2.05) is 19.1 Å². The first-order chi connectivity index (χ1) is 13.4. The fourth-order valence-electron chi connectivity index (χ4n) is 2.80. The Hall–Kier alpha value is -3.74. The zero-order valence-electron chi connectivity index (χ0n) is 15.7. The van der Waals surface area contributed by atoms with Gasteiger partial charge in [-0.25, -0.2) is 4.79 Å². The molecule has 7 nitrogen and oxygen atoms in total. The lowest BCUT2D eigenvalue weighted by Gasteiger charge is -2.10. The molecule has 7 heteroatoms. The summed E-state index contributed by atoms with van der Waals surface area (Å²) in [4.78, 5) is 37.7. The number of carbonyl (C=O) groups excluding carboxylic acids is 3. The zero-order chi connectivity index (χ0) is 20.3. The number of aromatic nitrogens is 2. The highest BCUT2D eigenvalue weighted by atomic mass is 16.5. The molecule has 1 aromatic heterocycles. The van der Waals surface area contributed by atoms with E-state index in [1.54, 1.807) is 43.4 Å². The van der Waals surface area contributed by atoms with E-state index >= 15 is 0 Å². The molecule has 0 spiro atoms. The molecule has 0 aliphatic carbocycles. The van der Waals surface area contributed by atoms with Gasteiger partial charge in [0.2, 0.25) is 0 Å². The van der Waals surface area contributed by atoms with E-state index in [1.165, 1.54) is 18.0 Å². The highest BCUT2D eigenvalue weighted by Crippen LogP contribution is 2.20. The number of nitrogens with one attached hydrogen (secondary N) is 1. The summed E-state index contributed by atoms with van der Waals surface area (Å²) in [5.74, 6) is -1.40. The second kappa shape index (κ2) is 7.87. The number of rotatable bonds is 5. The number of ether oxygens (including phenoxy) is 1. The number of amides is 1. The van der Waals surface area contributed by atoms with Crippen LogP contribution in [-0.4, -0.2) is 34.6 Å². The second-order valence-corrected chi connectivity index (χ2v) is 6.22. The highest BCUT2D eigenvalue weighted by molar-refractivity contribution is 6.18. The van der Waals surface area contributed by atoms with Crippen LogP contribution in [0.25, 0.3) is 0 Å². The van der Waals surface area contributed by atoms with Crippen molar-refractivity contribution in [1.29, 1.82) is 0 Å². The molecule has 0 fully saturated rings. The molecule has 28 heavy (non-hydrogen) atoms. The first-order valence-electron chi connectivity index (χ1n) is 8.54. The number of carbonyl (C=O) groups is 3. The minimum Gasteiger partial charge on any atom is -0.464 e. The van der Waals surface area contributed by atoms with E-state index in [2.05, 4.69) is 10.4 Å². The number of hydrogen-bond donors (Lipinski definition) is 1. The summed E-state index contributed by atoms with van der Waals surface area (Å²) >= 11 is 0. The van der Waals surface area contributed by atoms with Crippen molar-refractivity contribution >= 4 is 23.3 Å². The van der Waals surface area contributed by atoms with Crippen molar-refractivity contribution in [2.75, 3.05) is 12.4 Å². The minimum absolute atomic E-state index is 0.109. The molecule has 1 amide bonds. The number of ketones is 1. The van der Waals surface area contributed by atoms with E-state index in [-0.39, 0.29) is 28.3 Å². The van der Waals surface area contributed by atoms with E-state index in [4.69, 9.17) is 4.74 Å². The summed E-state index contributed by atoms with van der Waals surface area (Å²) in [6, 6.07) is 13.7.